The Labute approximate surface area is 146 Å². The molecule has 2 atom stereocenters. The van der Waals surface area contributed by atoms with Crippen molar-refractivity contribution in [1.29, 1.82) is 0 Å². The van der Waals surface area contributed by atoms with E-state index in [0.717, 1.165) is 5.69 Å². The van der Waals surface area contributed by atoms with Gasteiger partial charge in [0.2, 0.25) is 0 Å². The van der Waals surface area contributed by atoms with E-state index in [1.807, 2.05) is 18.2 Å². The van der Waals surface area contributed by atoms with Crippen LogP contribution in [0.5, 0.6) is 0 Å². The van der Waals surface area contributed by atoms with E-state index in [-0.39, 0.29) is 35.3 Å². The highest BCUT2D eigenvalue weighted by Crippen LogP contribution is 2.29. The maximum Gasteiger partial charge on any atom is 0.289 e. The molecule has 2 aliphatic heterocycles. The standard InChI is InChI=1S/C17H19N3O4S/c21-17(16-5-3-9-24-16)20-8-7-19(10-13-4-1-2-6-18-13)14-11-25(22,23)12-15(14)20/h1-6,9,14-15H,7-8,10-12H2/t14-,15+/m1/s1. The summed E-state index contributed by atoms with van der Waals surface area (Å²) in [6.07, 6.45) is 3.18. The van der Waals surface area contributed by atoms with Crippen molar-refractivity contribution in [2.75, 3.05) is 24.6 Å². The molecular formula is C17H19N3O4S. The lowest BCUT2D eigenvalue weighted by molar-refractivity contribution is 0.0279. The highest BCUT2D eigenvalue weighted by Gasteiger charge is 2.48. The number of fused-ring (bicyclic) bond motifs is 1. The maximum absolute atomic E-state index is 12.7. The van der Waals surface area contributed by atoms with Crippen LogP contribution in [0.25, 0.3) is 0 Å². The Morgan fingerprint density at radius 1 is 1.16 bits per heavy atom. The first-order valence-electron chi connectivity index (χ1n) is 8.22. The van der Waals surface area contributed by atoms with Crippen molar-refractivity contribution in [3.8, 4) is 0 Å². The lowest BCUT2D eigenvalue weighted by atomic mass is 10.0. The number of carbonyl (C=O) groups excluding carboxylic acids is 1. The molecule has 0 radical (unpaired) electrons. The topological polar surface area (TPSA) is 83.7 Å². The van der Waals surface area contributed by atoms with Crippen molar-refractivity contribution in [3.05, 3.63) is 54.2 Å². The quantitative estimate of drug-likeness (QED) is 0.804. The number of furan rings is 1. The fourth-order valence-electron chi connectivity index (χ4n) is 3.71. The summed E-state index contributed by atoms with van der Waals surface area (Å²) in [5, 5.41) is 0. The summed E-state index contributed by atoms with van der Waals surface area (Å²) < 4.78 is 29.7. The van der Waals surface area contributed by atoms with E-state index < -0.39 is 9.84 Å². The minimum absolute atomic E-state index is 0.00281. The first-order chi connectivity index (χ1) is 12.0. The zero-order valence-corrected chi connectivity index (χ0v) is 14.4. The van der Waals surface area contributed by atoms with Gasteiger partial charge in [-0.25, -0.2) is 8.42 Å². The zero-order valence-electron chi connectivity index (χ0n) is 13.6. The van der Waals surface area contributed by atoms with E-state index in [0.29, 0.717) is 19.6 Å². The van der Waals surface area contributed by atoms with Gasteiger partial charge in [-0.3, -0.25) is 14.7 Å². The number of hydrogen-bond acceptors (Lipinski definition) is 6. The molecule has 0 spiro atoms. The fraction of sp³-hybridized carbons (Fsp3) is 0.412. The molecule has 7 nitrogen and oxygen atoms in total. The zero-order chi connectivity index (χ0) is 17.4. The second-order valence-corrected chi connectivity index (χ2v) is 8.63. The number of pyridine rings is 1. The third-order valence-corrected chi connectivity index (χ3v) is 6.57. The number of amides is 1. The number of aromatic nitrogens is 1. The number of hydrogen-bond donors (Lipinski definition) is 0. The number of piperazine rings is 1. The molecule has 0 aliphatic carbocycles. The Kier molecular flexibility index (Phi) is 4.09. The minimum Gasteiger partial charge on any atom is -0.459 e. The molecule has 132 valence electrons. The van der Waals surface area contributed by atoms with E-state index in [1.165, 1.54) is 6.26 Å². The molecule has 0 aromatic carbocycles. The van der Waals surface area contributed by atoms with Crippen molar-refractivity contribution < 1.29 is 17.6 Å². The van der Waals surface area contributed by atoms with Gasteiger partial charge in [0.15, 0.2) is 15.6 Å². The van der Waals surface area contributed by atoms with Crippen LogP contribution in [0.3, 0.4) is 0 Å². The third kappa shape index (κ3) is 3.19. The highest BCUT2D eigenvalue weighted by molar-refractivity contribution is 7.91. The van der Waals surface area contributed by atoms with Crippen molar-refractivity contribution >= 4 is 15.7 Å². The van der Waals surface area contributed by atoms with Gasteiger partial charge in [-0.2, -0.15) is 0 Å². The van der Waals surface area contributed by atoms with Gasteiger partial charge in [-0.15, -0.1) is 0 Å². The van der Waals surface area contributed by atoms with Crippen LogP contribution in [0.15, 0.2) is 47.2 Å². The second-order valence-electron chi connectivity index (χ2n) is 6.48. The number of carbonyl (C=O) groups is 1. The van der Waals surface area contributed by atoms with Crippen LogP contribution in [0.4, 0.5) is 0 Å². The number of rotatable bonds is 3. The molecule has 0 N–H and O–H groups in total. The van der Waals surface area contributed by atoms with E-state index in [2.05, 4.69) is 9.88 Å². The van der Waals surface area contributed by atoms with Gasteiger partial charge >= 0.3 is 0 Å². The Hall–Kier alpha value is -2.19. The molecule has 25 heavy (non-hydrogen) atoms. The molecule has 0 bridgehead atoms. The van der Waals surface area contributed by atoms with Gasteiger partial charge < -0.3 is 9.32 Å². The molecule has 2 fully saturated rings. The molecule has 4 rings (SSSR count). The van der Waals surface area contributed by atoms with Crippen LogP contribution in [-0.2, 0) is 16.4 Å². The summed E-state index contributed by atoms with van der Waals surface area (Å²) in [5.41, 5.74) is 0.899. The Balaban J connectivity index is 1.59. The van der Waals surface area contributed by atoms with Crippen LogP contribution in [0.1, 0.15) is 16.2 Å². The summed E-state index contributed by atoms with van der Waals surface area (Å²) in [6.45, 7) is 1.67. The van der Waals surface area contributed by atoms with Crippen LogP contribution in [0.2, 0.25) is 0 Å². The van der Waals surface area contributed by atoms with E-state index in [4.69, 9.17) is 4.42 Å². The lowest BCUT2D eigenvalue weighted by Crippen LogP contribution is -2.60. The molecule has 1 amide bonds. The summed E-state index contributed by atoms with van der Waals surface area (Å²) >= 11 is 0. The summed E-state index contributed by atoms with van der Waals surface area (Å²) in [7, 11) is -3.18. The normalized spacial score (nSPS) is 25.7. The van der Waals surface area contributed by atoms with E-state index >= 15 is 0 Å². The SMILES string of the molecule is O=C(c1ccco1)N1CCN(Cc2ccccn2)[C@@H]2CS(=O)(=O)C[C@@H]21. The van der Waals surface area contributed by atoms with Crippen molar-refractivity contribution in [1.82, 2.24) is 14.8 Å². The van der Waals surface area contributed by atoms with Gasteiger partial charge in [0, 0.05) is 31.9 Å². The fourth-order valence-corrected chi connectivity index (χ4v) is 5.73. The lowest BCUT2D eigenvalue weighted by Gasteiger charge is -2.43. The van der Waals surface area contributed by atoms with Gasteiger partial charge in [-0.1, -0.05) is 6.07 Å². The molecule has 2 saturated heterocycles. The summed E-state index contributed by atoms with van der Waals surface area (Å²) in [5.74, 6) is 0.0886. The van der Waals surface area contributed by atoms with E-state index in [1.54, 1.807) is 23.2 Å². The van der Waals surface area contributed by atoms with Crippen molar-refractivity contribution in [2.24, 2.45) is 0 Å². The van der Waals surface area contributed by atoms with Crippen LogP contribution >= 0.6 is 0 Å². The molecule has 8 heteroatoms. The minimum atomic E-state index is -3.18. The Bertz CT molecular complexity index is 851. The predicted octanol–water partition coefficient (Wildman–Crippen LogP) is 0.798. The number of nitrogens with zero attached hydrogens (tertiary/aromatic N) is 3. The third-order valence-electron chi connectivity index (χ3n) is 4.88. The van der Waals surface area contributed by atoms with Gasteiger partial charge in [0.25, 0.3) is 5.91 Å². The monoisotopic (exact) mass is 361 g/mol. The number of sulfone groups is 1. The highest BCUT2D eigenvalue weighted by atomic mass is 32.2. The van der Waals surface area contributed by atoms with Crippen molar-refractivity contribution in [2.45, 2.75) is 18.6 Å². The maximum atomic E-state index is 12.7. The first-order valence-corrected chi connectivity index (χ1v) is 10.0. The Morgan fingerprint density at radius 2 is 2.00 bits per heavy atom. The first kappa shape index (κ1) is 16.3. The Morgan fingerprint density at radius 3 is 2.72 bits per heavy atom. The summed E-state index contributed by atoms with van der Waals surface area (Å²) in [6, 6.07) is 8.42. The second kappa shape index (κ2) is 6.27. The largest absolute Gasteiger partial charge is 0.459 e. The molecule has 2 aromatic heterocycles. The van der Waals surface area contributed by atoms with Crippen LogP contribution in [-0.4, -0.2) is 65.8 Å². The molecule has 4 heterocycles. The van der Waals surface area contributed by atoms with Crippen molar-refractivity contribution in [3.63, 3.8) is 0 Å². The average molecular weight is 361 g/mol. The predicted molar refractivity (Wildman–Crippen MR) is 90.6 cm³/mol. The smallest absolute Gasteiger partial charge is 0.289 e. The van der Waals surface area contributed by atoms with Crippen LogP contribution < -0.4 is 0 Å². The molecular weight excluding hydrogens is 342 g/mol. The van der Waals surface area contributed by atoms with Gasteiger partial charge in [0.1, 0.15) is 0 Å². The van der Waals surface area contributed by atoms with Crippen LogP contribution in [0, 0.1) is 0 Å². The van der Waals surface area contributed by atoms with Gasteiger partial charge in [0.05, 0.1) is 29.5 Å². The molecule has 0 saturated carbocycles. The van der Waals surface area contributed by atoms with Gasteiger partial charge in [-0.05, 0) is 24.3 Å². The summed E-state index contributed by atoms with van der Waals surface area (Å²) in [4.78, 5) is 20.8. The molecule has 2 aromatic rings. The average Bonchev–Trinajstić information content (AvgIpc) is 3.22. The molecule has 2 aliphatic rings. The molecule has 0 unspecified atom stereocenters. The van der Waals surface area contributed by atoms with E-state index in [9.17, 15) is 13.2 Å².